The lowest BCUT2D eigenvalue weighted by molar-refractivity contribution is 0.130. The predicted octanol–water partition coefficient (Wildman–Crippen LogP) is 4.62. The van der Waals surface area contributed by atoms with Crippen LogP contribution in [0.15, 0.2) is 53.7 Å². The second-order valence-corrected chi connectivity index (χ2v) is 5.80. The molecule has 7 nitrogen and oxygen atoms in total. The molecule has 2 rings (SSSR count). The smallest absolute Gasteiger partial charge is 0.423 e. The van der Waals surface area contributed by atoms with E-state index in [1.807, 2.05) is 12.1 Å². The monoisotopic (exact) mass is 390 g/mol. The molecule has 0 fully saturated rings. The highest BCUT2D eigenvalue weighted by molar-refractivity contribution is 6.30. The Balaban J connectivity index is 2.20. The van der Waals surface area contributed by atoms with Crippen molar-refractivity contribution in [3.63, 3.8) is 0 Å². The van der Waals surface area contributed by atoms with E-state index in [0.29, 0.717) is 16.3 Å². The SMILES string of the molecule is COC(=O)N(C(=O)OC)c1ccccc1CO/N=C(\C)c1ccc(Cl)cc1. The van der Waals surface area contributed by atoms with Crippen molar-refractivity contribution in [3.8, 4) is 0 Å². The van der Waals surface area contributed by atoms with E-state index < -0.39 is 12.2 Å². The molecule has 2 amide bonds. The van der Waals surface area contributed by atoms with Gasteiger partial charge in [-0.15, -0.1) is 0 Å². The summed E-state index contributed by atoms with van der Waals surface area (Å²) in [6.45, 7) is 1.83. The first-order chi connectivity index (χ1) is 13.0. The average molecular weight is 391 g/mol. The van der Waals surface area contributed by atoms with Crippen LogP contribution in [0.5, 0.6) is 0 Å². The van der Waals surface area contributed by atoms with Crippen LogP contribution < -0.4 is 4.90 Å². The second-order valence-electron chi connectivity index (χ2n) is 5.36. The van der Waals surface area contributed by atoms with E-state index in [-0.39, 0.29) is 12.3 Å². The van der Waals surface area contributed by atoms with Crippen LogP contribution in [0.4, 0.5) is 15.3 Å². The normalized spacial score (nSPS) is 10.9. The van der Waals surface area contributed by atoms with Crippen LogP contribution in [0.25, 0.3) is 0 Å². The van der Waals surface area contributed by atoms with Crippen LogP contribution in [-0.2, 0) is 20.9 Å². The van der Waals surface area contributed by atoms with Crippen molar-refractivity contribution in [3.05, 3.63) is 64.7 Å². The Morgan fingerprint density at radius 3 is 2.19 bits per heavy atom. The van der Waals surface area contributed by atoms with Crippen LogP contribution in [0.1, 0.15) is 18.1 Å². The summed E-state index contributed by atoms with van der Waals surface area (Å²) in [7, 11) is 2.36. The van der Waals surface area contributed by atoms with Gasteiger partial charge in [-0.25, -0.2) is 9.59 Å². The largest absolute Gasteiger partial charge is 0.452 e. The molecule has 27 heavy (non-hydrogen) atoms. The highest BCUT2D eigenvalue weighted by Crippen LogP contribution is 2.23. The number of halogens is 1. The Hall–Kier alpha value is -3.06. The van der Waals surface area contributed by atoms with Crippen LogP contribution in [0.3, 0.4) is 0 Å². The first-order valence-corrected chi connectivity index (χ1v) is 8.32. The van der Waals surface area contributed by atoms with Crippen LogP contribution in [0.2, 0.25) is 5.02 Å². The summed E-state index contributed by atoms with van der Waals surface area (Å²) in [6.07, 6.45) is -1.73. The molecule has 2 aromatic rings. The fraction of sp³-hybridized carbons (Fsp3) is 0.211. The zero-order valence-electron chi connectivity index (χ0n) is 15.1. The van der Waals surface area contributed by atoms with E-state index in [1.165, 1.54) is 14.2 Å². The molecule has 0 aromatic heterocycles. The Labute approximate surface area is 162 Å². The summed E-state index contributed by atoms with van der Waals surface area (Å²) in [4.78, 5) is 30.2. The minimum Gasteiger partial charge on any atom is -0.452 e. The van der Waals surface area contributed by atoms with Gasteiger partial charge < -0.3 is 14.3 Å². The minimum atomic E-state index is -0.866. The van der Waals surface area contributed by atoms with E-state index in [1.54, 1.807) is 43.3 Å². The third-order valence-corrected chi connectivity index (χ3v) is 3.88. The lowest BCUT2D eigenvalue weighted by Crippen LogP contribution is -2.37. The maximum absolute atomic E-state index is 12.0. The number of carbonyl (C=O) groups excluding carboxylic acids is 2. The first-order valence-electron chi connectivity index (χ1n) is 7.94. The van der Waals surface area contributed by atoms with E-state index in [9.17, 15) is 9.59 Å². The number of hydrogen-bond acceptors (Lipinski definition) is 6. The van der Waals surface area contributed by atoms with Gasteiger partial charge in [0.1, 0.15) is 6.61 Å². The van der Waals surface area contributed by atoms with Gasteiger partial charge in [-0.3, -0.25) is 0 Å². The molecule has 0 aliphatic carbocycles. The van der Waals surface area contributed by atoms with Crippen molar-refractivity contribution in [2.45, 2.75) is 13.5 Å². The van der Waals surface area contributed by atoms with Crippen LogP contribution >= 0.6 is 11.6 Å². The van der Waals surface area contributed by atoms with Crippen molar-refractivity contribution in [1.82, 2.24) is 0 Å². The van der Waals surface area contributed by atoms with Gasteiger partial charge in [0.15, 0.2) is 0 Å². The molecule has 0 atom stereocenters. The van der Waals surface area contributed by atoms with E-state index in [0.717, 1.165) is 10.5 Å². The third kappa shape index (κ3) is 5.21. The molecule has 0 heterocycles. The van der Waals surface area contributed by atoms with Gasteiger partial charge in [-0.1, -0.05) is 47.1 Å². The second kappa shape index (κ2) is 9.59. The summed E-state index contributed by atoms with van der Waals surface area (Å²) >= 11 is 5.87. The van der Waals surface area contributed by atoms with Crippen LogP contribution in [0, 0.1) is 0 Å². The highest BCUT2D eigenvalue weighted by atomic mass is 35.5. The number of oxime groups is 1. The molecule has 0 radical (unpaired) electrons. The lowest BCUT2D eigenvalue weighted by atomic mass is 10.1. The standard InChI is InChI=1S/C19H19ClN2O5/c1-13(14-8-10-16(20)11-9-14)21-27-12-15-6-4-5-7-17(15)22(18(23)25-2)19(24)26-3/h4-11H,12H2,1-3H3/b21-13+. The topological polar surface area (TPSA) is 77.4 Å². The van der Waals surface area contributed by atoms with Crippen molar-refractivity contribution in [1.29, 1.82) is 0 Å². The Morgan fingerprint density at radius 1 is 1.00 bits per heavy atom. The predicted molar refractivity (Wildman–Crippen MR) is 102 cm³/mol. The Morgan fingerprint density at radius 2 is 1.59 bits per heavy atom. The Bertz CT molecular complexity index is 820. The molecule has 142 valence electrons. The van der Waals surface area contributed by atoms with Crippen molar-refractivity contribution in [2.24, 2.45) is 5.16 Å². The number of para-hydroxylation sites is 1. The molecule has 0 N–H and O–H groups in total. The number of benzene rings is 2. The van der Waals surface area contributed by atoms with E-state index >= 15 is 0 Å². The van der Waals surface area contributed by atoms with Gasteiger partial charge in [0.25, 0.3) is 0 Å². The number of imide groups is 1. The van der Waals surface area contributed by atoms with Gasteiger partial charge in [-0.2, -0.15) is 4.90 Å². The van der Waals surface area contributed by atoms with Gasteiger partial charge in [-0.05, 0) is 30.7 Å². The number of anilines is 1. The summed E-state index contributed by atoms with van der Waals surface area (Å²) in [5.41, 5.74) is 2.36. The third-order valence-electron chi connectivity index (χ3n) is 3.63. The maximum Gasteiger partial charge on any atom is 0.423 e. The van der Waals surface area contributed by atoms with Gasteiger partial charge in [0.05, 0.1) is 25.6 Å². The van der Waals surface area contributed by atoms with Gasteiger partial charge in [0, 0.05) is 10.6 Å². The van der Waals surface area contributed by atoms with Gasteiger partial charge >= 0.3 is 12.2 Å². The quantitative estimate of drug-likeness (QED) is 0.550. The number of methoxy groups -OCH3 is 2. The number of hydrogen-bond donors (Lipinski definition) is 0. The number of rotatable bonds is 5. The van der Waals surface area contributed by atoms with Crippen molar-refractivity contribution < 1.29 is 23.9 Å². The number of ether oxygens (including phenoxy) is 2. The zero-order valence-corrected chi connectivity index (χ0v) is 15.9. The molecule has 0 saturated heterocycles. The van der Waals surface area contributed by atoms with Crippen molar-refractivity contribution in [2.75, 3.05) is 19.1 Å². The summed E-state index contributed by atoms with van der Waals surface area (Å²) in [6, 6.07) is 13.9. The minimum absolute atomic E-state index is 0.0333. The molecule has 0 aliphatic rings. The van der Waals surface area contributed by atoms with E-state index in [2.05, 4.69) is 14.6 Å². The molecule has 0 saturated carbocycles. The molecule has 0 aliphatic heterocycles. The lowest BCUT2D eigenvalue weighted by Gasteiger charge is -2.20. The fourth-order valence-corrected chi connectivity index (χ4v) is 2.37. The Kier molecular flexibility index (Phi) is 7.19. The van der Waals surface area contributed by atoms with Crippen molar-refractivity contribution >= 4 is 35.2 Å². The molecule has 0 bridgehead atoms. The molecular weight excluding hydrogens is 372 g/mol. The van der Waals surface area contributed by atoms with E-state index in [4.69, 9.17) is 16.4 Å². The fourth-order valence-electron chi connectivity index (χ4n) is 2.25. The molecule has 8 heteroatoms. The van der Waals surface area contributed by atoms with Gasteiger partial charge in [0.2, 0.25) is 0 Å². The number of nitrogens with zero attached hydrogens (tertiary/aromatic N) is 2. The molecule has 0 spiro atoms. The first kappa shape index (κ1) is 20.3. The average Bonchev–Trinajstić information content (AvgIpc) is 2.69. The maximum atomic E-state index is 12.0. The molecule has 2 aromatic carbocycles. The molecule has 0 unspecified atom stereocenters. The number of carbonyl (C=O) groups is 2. The molecular formula is C19H19ClN2O5. The highest BCUT2D eigenvalue weighted by Gasteiger charge is 2.27. The van der Waals surface area contributed by atoms with Crippen LogP contribution in [-0.4, -0.2) is 32.1 Å². The summed E-state index contributed by atoms with van der Waals surface area (Å²) in [5, 5.41) is 4.70. The number of amides is 2. The summed E-state index contributed by atoms with van der Waals surface area (Å²) in [5.74, 6) is 0. The zero-order chi connectivity index (χ0) is 19.8. The summed E-state index contributed by atoms with van der Waals surface area (Å²) < 4.78 is 9.32.